The summed E-state index contributed by atoms with van der Waals surface area (Å²) in [5.74, 6) is -6.88. The molecule has 0 spiro atoms. The van der Waals surface area contributed by atoms with Crippen LogP contribution in [-0.4, -0.2) is 86.9 Å². The van der Waals surface area contributed by atoms with Gasteiger partial charge in [0.1, 0.15) is 18.1 Å². The first-order chi connectivity index (χ1) is 14.3. The molecule has 0 saturated heterocycles. The van der Waals surface area contributed by atoms with Crippen molar-refractivity contribution in [3.8, 4) is 0 Å². The Hall–Kier alpha value is -2.91. The molecule has 0 bridgehead atoms. The van der Waals surface area contributed by atoms with Crippen LogP contribution in [0.3, 0.4) is 0 Å². The van der Waals surface area contributed by atoms with Crippen LogP contribution in [-0.2, 0) is 28.8 Å². The van der Waals surface area contributed by atoms with Gasteiger partial charge in [0.2, 0.25) is 23.6 Å². The van der Waals surface area contributed by atoms with Crippen molar-refractivity contribution in [3.63, 3.8) is 0 Å². The minimum Gasteiger partial charge on any atom is -0.481 e. The molecule has 0 aromatic heterocycles. The van der Waals surface area contributed by atoms with E-state index in [-0.39, 0.29) is 12.2 Å². The highest BCUT2D eigenvalue weighted by Crippen LogP contribution is 2.03. The molecule has 14 nitrogen and oxygen atoms in total. The van der Waals surface area contributed by atoms with Crippen molar-refractivity contribution in [1.29, 1.82) is 0 Å². The number of rotatable bonds is 14. The van der Waals surface area contributed by atoms with Crippen LogP contribution in [0.2, 0.25) is 0 Å². The number of hydrogen-bond acceptors (Lipinski definition) is 9. The lowest BCUT2D eigenvalue weighted by Crippen LogP contribution is -2.60. The molecule has 0 fully saturated rings. The lowest BCUT2D eigenvalue weighted by Gasteiger charge is -2.26. The number of thiol groups is 1. The van der Waals surface area contributed by atoms with E-state index in [0.717, 1.165) is 6.92 Å². The fourth-order valence-electron chi connectivity index (χ4n) is 2.22. The Morgan fingerprint density at radius 3 is 1.90 bits per heavy atom. The minimum atomic E-state index is -1.71. The van der Waals surface area contributed by atoms with Gasteiger partial charge in [0.25, 0.3) is 0 Å². The number of carboxylic acids is 2. The molecule has 176 valence electrons. The third-order valence-electron chi connectivity index (χ3n) is 3.90. The highest BCUT2D eigenvalue weighted by molar-refractivity contribution is 7.80. The molecule has 4 amide bonds. The van der Waals surface area contributed by atoms with Gasteiger partial charge in [0.15, 0.2) is 0 Å². The molecule has 0 aliphatic carbocycles. The number of primary amides is 1. The second-order valence-corrected chi connectivity index (χ2v) is 6.94. The average molecular weight is 465 g/mol. The fourth-order valence-corrected chi connectivity index (χ4v) is 2.39. The maximum absolute atomic E-state index is 12.6. The maximum atomic E-state index is 12.6. The van der Waals surface area contributed by atoms with Crippen LogP contribution in [0.4, 0.5) is 0 Å². The summed E-state index contributed by atoms with van der Waals surface area (Å²) >= 11 is 3.85. The fraction of sp³-hybridized carbons (Fsp3) is 0.625. The van der Waals surface area contributed by atoms with E-state index in [4.69, 9.17) is 21.7 Å². The van der Waals surface area contributed by atoms with Crippen molar-refractivity contribution < 1.29 is 44.1 Å². The van der Waals surface area contributed by atoms with Crippen LogP contribution >= 0.6 is 12.6 Å². The summed E-state index contributed by atoms with van der Waals surface area (Å²) in [5, 5.41) is 34.1. The lowest BCUT2D eigenvalue weighted by atomic mass is 10.1. The summed E-state index contributed by atoms with van der Waals surface area (Å²) in [5.41, 5.74) is 10.4. The van der Waals surface area contributed by atoms with E-state index in [1.54, 1.807) is 0 Å². The highest BCUT2D eigenvalue weighted by Gasteiger charge is 2.33. The van der Waals surface area contributed by atoms with E-state index in [1.165, 1.54) is 0 Å². The Kier molecular flexibility index (Phi) is 12.1. The standard InChI is InChI=1S/C16H27N5O9S/c1-6(22)12(15(28)20-9(16(29)30)4-10(18)23)21-14(27)8(2-3-11(24)25)19-13(26)7(17)5-31/h6-9,12,22,31H,2-5,17H2,1H3,(H2,18,23)(H,19,26)(H,20,28)(H,21,27)(H,24,25)(H,29,30). The number of nitrogens with one attached hydrogen (secondary N) is 3. The van der Waals surface area contributed by atoms with Gasteiger partial charge in [-0.25, -0.2) is 4.79 Å². The number of aliphatic hydroxyl groups is 1. The number of carbonyl (C=O) groups excluding carboxylic acids is 4. The predicted molar refractivity (Wildman–Crippen MR) is 108 cm³/mol. The second kappa shape index (κ2) is 13.4. The number of hydrogen-bond donors (Lipinski definition) is 9. The van der Waals surface area contributed by atoms with Gasteiger partial charge < -0.3 is 42.7 Å². The quantitative estimate of drug-likeness (QED) is 0.112. The van der Waals surface area contributed by atoms with Gasteiger partial charge in [-0.2, -0.15) is 12.6 Å². The summed E-state index contributed by atoms with van der Waals surface area (Å²) in [6, 6.07) is -5.92. The van der Waals surface area contributed by atoms with E-state index in [2.05, 4.69) is 23.3 Å². The van der Waals surface area contributed by atoms with Gasteiger partial charge in [-0.3, -0.25) is 24.0 Å². The predicted octanol–water partition coefficient (Wildman–Crippen LogP) is -4.10. The molecule has 0 aromatic rings. The minimum absolute atomic E-state index is 0.0613. The zero-order valence-electron chi connectivity index (χ0n) is 16.6. The molecule has 0 aromatic carbocycles. The molecule has 0 heterocycles. The molecular formula is C16H27N5O9S. The molecule has 10 N–H and O–H groups in total. The van der Waals surface area contributed by atoms with Crippen LogP contribution in [0.15, 0.2) is 0 Å². The molecule has 15 heteroatoms. The summed E-state index contributed by atoms with van der Waals surface area (Å²) in [7, 11) is 0. The zero-order valence-corrected chi connectivity index (χ0v) is 17.5. The normalized spacial score (nSPS) is 15.5. The average Bonchev–Trinajstić information content (AvgIpc) is 2.66. The van der Waals surface area contributed by atoms with Crippen molar-refractivity contribution in [1.82, 2.24) is 16.0 Å². The summed E-state index contributed by atoms with van der Waals surface area (Å²) < 4.78 is 0. The molecular weight excluding hydrogens is 438 g/mol. The molecule has 0 saturated carbocycles. The number of nitrogens with two attached hydrogens (primary N) is 2. The Morgan fingerprint density at radius 1 is 0.935 bits per heavy atom. The molecule has 31 heavy (non-hydrogen) atoms. The van der Waals surface area contributed by atoms with Gasteiger partial charge in [0, 0.05) is 12.2 Å². The van der Waals surface area contributed by atoms with Gasteiger partial charge in [0.05, 0.1) is 18.6 Å². The molecule has 5 unspecified atom stereocenters. The number of carbonyl (C=O) groups is 6. The van der Waals surface area contributed by atoms with Gasteiger partial charge in [-0.15, -0.1) is 0 Å². The van der Waals surface area contributed by atoms with Crippen molar-refractivity contribution in [2.75, 3.05) is 5.75 Å². The maximum Gasteiger partial charge on any atom is 0.326 e. The van der Waals surface area contributed by atoms with E-state index >= 15 is 0 Å². The van der Waals surface area contributed by atoms with Gasteiger partial charge in [-0.05, 0) is 13.3 Å². The number of aliphatic carboxylic acids is 2. The Balaban J connectivity index is 5.45. The van der Waals surface area contributed by atoms with E-state index in [0.29, 0.717) is 0 Å². The molecule has 0 aliphatic rings. The van der Waals surface area contributed by atoms with Crippen molar-refractivity contribution in [2.24, 2.45) is 11.5 Å². The smallest absolute Gasteiger partial charge is 0.326 e. The molecule has 0 aliphatic heterocycles. The number of amides is 4. The van der Waals surface area contributed by atoms with E-state index in [9.17, 15) is 33.9 Å². The first-order valence-corrected chi connectivity index (χ1v) is 9.61. The second-order valence-electron chi connectivity index (χ2n) is 6.58. The Labute approximate surface area is 182 Å². The number of carboxylic acid groups (broad SMARTS) is 2. The van der Waals surface area contributed by atoms with Crippen LogP contribution < -0.4 is 27.4 Å². The molecule has 0 rings (SSSR count). The largest absolute Gasteiger partial charge is 0.481 e. The van der Waals surface area contributed by atoms with Gasteiger partial charge in [-0.1, -0.05) is 0 Å². The lowest BCUT2D eigenvalue weighted by molar-refractivity contribution is -0.144. The Morgan fingerprint density at radius 2 is 1.48 bits per heavy atom. The first-order valence-electron chi connectivity index (χ1n) is 8.98. The van der Waals surface area contributed by atoms with Crippen molar-refractivity contribution in [3.05, 3.63) is 0 Å². The third-order valence-corrected chi connectivity index (χ3v) is 4.29. The first kappa shape index (κ1) is 28.1. The van der Waals surface area contributed by atoms with Crippen LogP contribution in [0.1, 0.15) is 26.2 Å². The van der Waals surface area contributed by atoms with Crippen LogP contribution in [0.5, 0.6) is 0 Å². The van der Waals surface area contributed by atoms with E-state index in [1.807, 2.05) is 5.32 Å². The Bertz CT molecular complexity index is 703. The molecule has 0 radical (unpaired) electrons. The van der Waals surface area contributed by atoms with E-state index < -0.39 is 78.7 Å². The molecule has 5 atom stereocenters. The van der Waals surface area contributed by atoms with Crippen molar-refractivity contribution >= 4 is 48.2 Å². The van der Waals surface area contributed by atoms with Crippen LogP contribution in [0.25, 0.3) is 0 Å². The summed E-state index contributed by atoms with van der Waals surface area (Å²) in [4.78, 5) is 69.8. The topological polar surface area (TPSA) is 251 Å². The van der Waals surface area contributed by atoms with Crippen LogP contribution in [0, 0.1) is 0 Å². The summed E-state index contributed by atoms with van der Waals surface area (Å²) in [6.45, 7) is 1.12. The van der Waals surface area contributed by atoms with Gasteiger partial charge >= 0.3 is 11.9 Å². The third kappa shape index (κ3) is 10.6. The number of aliphatic hydroxyl groups excluding tert-OH is 1. The zero-order chi connectivity index (χ0) is 24.3. The summed E-state index contributed by atoms with van der Waals surface area (Å²) in [6.07, 6.45) is -3.14. The monoisotopic (exact) mass is 465 g/mol. The highest BCUT2D eigenvalue weighted by atomic mass is 32.1. The van der Waals surface area contributed by atoms with Crippen molar-refractivity contribution in [2.45, 2.75) is 56.5 Å². The SMILES string of the molecule is CC(O)C(NC(=O)C(CCC(=O)O)NC(=O)C(N)CS)C(=O)NC(CC(N)=O)C(=O)O.